The van der Waals surface area contributed by atoms with Crippen LogP contribution in [0.1, 0.15) is 88.4 Å². The highest BCUT2D eigenvalue weighted by Crippen LogP contribution is 2.38. The number of carbonyl (C=O) groups excluding carboxylic acids is 8. The predicted molar refractivity (Wildman–Crippen MR) is 247 cm³/mol. The maximum absolute atomic E-state index is 13.9. The lowest BCUT2D eigenvalue weighted by Crippen LogP contribution is -2.30. The van der Waals surface area contributed by atoms with Crippen molar-refractivity contribution >= 4 is 75.4 Å². The summed E-state index contributed by atoms with van der Waals surface area (Å²) in [5.41, 5.74) is 6.90. The number of aromatic nitrogens is 2. The van der Waals surface area contributed by atoms with E-state index in [1.807, 2.05) is 25.1 Å². The number of hydrogen-bond acceptors (Lipinski definition) is 10. The normalized spacial score (nSPS) is 15.0. The first-order valence-corrected chi connectivity index (χ1v) is 21.2. The molecular formula is C53H30N6O9. The standard InChI is InChI=1S/C53H30N6O9/c1-26-3-20-43-44(21-26)55-45(54-43)27-4-8-30(9-5-27)57-48(62)36-16-6-28(22-39(36)51(57)65)29-7-17-37-40(23-29)52(66)58(49(37)63)31-10-12-32(13-11-31)59-50(64)38-19-15-34(25-42(38)53(59)67)68-33-14-18-35-41(24-33)47(61)56(2)46(35)60/h3-25H,1-2H3,(H,54,55). The van der Waals surface area contributed by atoms with Crippen LogP contribution >= 0.6 is 0 Å². The number of amides is 8. The van der Waals surface area contributed by atoms with E-state index in [2.05, 4.69) is 9.97 Å². The van der Waals surface area contributed by atoms with Gasteiger partial charge in [0.2, 0.25) is 0 Å². The topological polar surface area (TPSA) is 187 Å². The molecule has 0 aliphatic carbocycles. The van der Waals surface area contributed by atoms with Crippen LogP contribution in [0.25, 0.3) is 33.5 Å². The summed E-state index contributed by atoms with van der Waals surface area (Å²) >= 11 is 0. The number of aryl methyl sites for hydroxylation is 1. The van der Waals surface area contributed by atoms with Crippen molar-refractivity contribution in [2.24, 2.45) is 0 Å². The fourth-order valence-corrected chi connectivity index (χ4v) is 9.15. The number of H-pyrrole nitrogens is 1. The van der Waals surface area contributed by atoms with Gasteiger partial charge in [0.15, 0.2) is 0 Å². The molecule has 4 aliphatic heterocycles. The van der Waals surface area contributed by atoms with Crippen LogP contribution < -0.4 is 19.4 Å². The van der Waals surface area contributed by atoms with Gasteiger partial charge in [-0.3, -0.25) is 43.3 Å². The lowest BCUT2D eigenvalue weighted by atomic mass is 9.97. The number of hydrogen-bond donors (Lipinski definition) is 1. The highest BCUT2D eigenvalue weighted by Gasteiger charge is 2.41. The van der Waals surface area contributed by atoms with Gasteiger partial charge in [-0.2, -0.15) is 0 Å². The quantitative estimate of drug-likeness (QED) is 0.152. The Morgan fingerprint density at radius 1 is 0.397 bits per heavy atom. The number of imidazole rings is 1. The molecule has 8 amide bonds. The van der Waals surface area contributed by atoms with Crippen molar-refractivity contribution in [1.82, 2.24) is 14.9 Å². The van der Waals surface area contributed by atoms with Gasteiger partial charge in [-0.25, -0.2) is 19.7 Å². The first-order chi connectivity index (χ1) is 32.8. The first kappa shape index (κ1) is 39.9. The summed E-state index contributed by atoms with van der Waals surface area (Å²) in [4.78, 5) is 119. The highest BCUT2D eigenvalue weighted by molar-refractivity contribution is 6.37. The largest absolute Gasteiger partial charge is 0.457 e. The second-order valence-electron chi connectivity index (χ2n) is 16.7. The average Bonchev–Trinajstić information content (AvgIpc) is 4.08. The monoisotopic (exact) mass is 894 g/mol. The summed E-state index contributed by atoms with van der Waals surface area (Å²) in [6.45, 7) is 2.00. The summed E-state index contributed by atoms with van der Waals surface area (Å²) in [6, 6.07) is 37.3. The summed E-state index contributed by atoms with van der Waals surface area (Å²) in [6.07, 6.45) is 0. The average molecular weight is 895 g/mol. The molecule has 0 fully saturated rings. The molecule has 1 N–H and O–H groups in total. The maximum atomic E-state index is 13.9. The fraction of sp³-hybridized carbons (Fsp3) is 0.0377. The zero-order chi connectivity index (χ0) is 46.9. The number of carbonyl (C=O) groups is 8. The smallest absolute Gasteiger partial charge is 0.266 e. The minimum atomic E-state index is -0.623. The van der Waals surface area contributed by atoms with E-state index in [0.717, 1.165) is 41.8 Å². The summed E-state index contributed by atoms with van der Waals surface area (Å²) in [5.74, 6) is -3.09. The molecule has 12 rings (SSSR count). The van der Waals surface area contributed by atoms with Crippen molar-refractivity contribution in [2.75, 3.05) is 21.7 Å². The van der Waals surface area contributed by atoms with Gasteiger partial charge in [0.1, 0.15) is 17.3 Å². The van der Waals surface area contributed by atoms with Crippen molar-refractivity contribution in [3.63, 3.8) is 0 Å². The van der Waals surface area contributed by atoms with Crippen molar-refractivity contribution in [3.8, 4) is 34.0 Å². The van der Waals surface area contributed by atoms with Crippen molar-refractivity contribution in [3.05, 3.63) is 190 Å². The van der Waals surface area contributed by atoms with E-state index in [1.165, 1.54) is 73.8 Å². The van der Waals surface area contributed by atoms with Crippen LogP contribution in [0.3, 0.4) is 0 Å². The van der Waals surface area contributed by atoms with Crippen molar-refractivity contribution in [2.45, 2.75) is 6.92 Å². The van der Waals surface area contributed by atoms with E-state index in [9.17, 15) is 38.4 Å². The molecule has 0 radical (unpaired) electrons. The minimum absolute atomic E-state index is 0.0805. The third-order valence-corrected chi connectivity index (χ3v) is 12.7. The van der Waals surface area contributed by atoms with Crippen LogP contribution in [0.2, 0.25) is 0 Å². The molecule has 0 atom stereocenters. The number of rotatable bonds is 7. The van der Waals surface area contributed by atoms with Crippen LogP contribution in [0.15, 0.2) is 140 Å². The molecule has 5 heterocycles. The van der Waals surface area contributed by atoms with E-state index in [-0.39, 0.29) is 67.4 Å². The summed E-state index contributed by atoms with van der Waals surface area (Å²) in [7, 11) is 1.39. The fourth-order valence-electron chi connectivity index (χ4n) is 9.15. The molecule has 68 heavy (non-hydrogen) atoms. The molecule has 1 aromatic heterocycles. The Morgan fingerprint density at radius 2 is 0.779 bits per heavy atom. The second-order valence-corrected chi connectivity index (χ2v) is 16.7. The van der Waals surface area contributed by atoms with E-state index < -0.39 is 47.3 Å². The summed E-state index contributed by atoms with van der Waals surface area (Å²) < 4.78 is 5.93. The molecule has 0 spiro atoms. The van der Waals surface area contributed by atoms with E-state index in [1.54, 1.807) is 54.6 Å². The third kappa shape index (κ3) is 5.88. The van der Waals surface area contributed by atoms with Crippen LogP contribution in [0.4, 0.5) is 17.1 Å². The van der Waals surface area contributed by atoms with Gasteiger partial charge in [-0.05, 0) is 145 Å². The number of imide groups is 4. The molecule has 7 aromatic carbocycles. The molecule has 326 valence electrons. The van der Waals surface area contributed by atoms with Gasteiger partial charge in [-0.15, -0.1) is 0 Å². The van der Waals surface area contributed by atoms with Crippen molar-refractivity contribution < 1.29 is 43.1 Å². The summed E-state index contributed by atoms with van der Waals surface area (Å²) in [5, 5.41) is 0. The van der Waals surface area contributed by atoms with Gasteiger partial charge in [-0.1, -0.05) is 18.2 Å². The molecule has 15 heteroatoms. The molecule has 4 aliphatic rings. The second kappa shape index (κ2) is 14.4. The van der Waals surface area contributed by atoms with Crippen LogP contribution in [-0.4, -0.2) is 69.2 Å². The zero-order valence-corrected chi connectivity index (χ0v) is 35.7. The molecular weight excluding hydrogens is 865 g/mol. The lowest BCUT2D eigenvalue weighted by Gasteiger charge is -2.17. The van der Waals surface area contributed by atoms with Crippen LogP contribution in [0, 0.1) is 6.92 Å². The number of aromatic amines is 1. The number of nitrogens with one attached hydrogen (secondary N) is 1. The molecule has 0 bridgehead atoms. The van der Waals surface area contributed by atoms with Gasteiger partial charge in [0.05, 0.1) is 72.6 Å². The molecule has 8 aromatic rings. The Kier molecular flexibility index (Phi) is 8.48. The highest BCUT2D eigenvalue weighted by atomic mass is 16.5. The number of anilines is 3. The number of benzene rings is 7. The number of fused-ring (bicyclic) bond motifs is 5. The Labute approximate surface area is 384 Å². The van der Waals surface area contributed by atoms with Gasteiger partial charge in [0, 0.05) is 12.6 Å². The lowest BCUT2D eigenvalue weighted by molar-refractivity contribution is 0.0690. The Morgan fingerprint density at radius 3 is 1.28 bits per heavy atom. The molecule has 0 saturated heterocycles. The first-order valence-electron chi connectivity index (χ1n) is 21.2. The molecule has 0 saturated carbocycles. The predicted octanol–water partition coefficient (Wildman–Crippen LogP) is 8.63. The minimum Gasteiger partial charge on any atom is -0.457 e. The van der Waals surface area contributed by atoms with Crippen LogP contribution in [-0.2, 0) is 0 Å². The number of nitrogens with zero attached hydrogens (tertiary/aromatic N) is 5. The van der Waals surface area contributed by atoms with Gasteiger partial charge >= 0.3 is 0 Å². The van der Waals surface area contributed by atoms with E-state index in [4.69, 9.17) is 4.74 Å². The SMILES string of the molecule is Cc1ccc2nc(-c3ccc(N4C(=O)c5ccc(-c6ccc7c(c6)C(=O)N(c6ccc(N8C(=O)c9ccc(Oc%10ccc%11c(c%10)C(=O)N(C)C%11=O)cc9C8=O)cc6)C7=O)cc5C4=O)cc3)[nH]c2c1. The number of ether oxygens (including phenoxy) is 1. The molecule has 15 nitrogen and oxygen atoms in total. The maximum Gasteiger partial charge on any atom is 0.266 e. The Hall–Kier alpha value is -9.63. The third-order valence-electron chi connectivity index (χ3n) is 12.7. The zero-order valence-electron chi connectivity index (χ0n) is 35.7. The Bertz CT molecular complexity index is 3710. The van der Waals surface area contributed by atoms with Gasteiger partial charge < -0.3 is 9.72 Å². The van der Waals surface area contributed by atoms with E-state index >= 15 is 0 Å². The van der Waals surface area contributed by atoms with Gasteiger partial charge in [0.25, 0.3) is 47.3 Å². The van der Waals surface area contributed by atoms with Crippen LogP contribution in [0.5, 0.6) is 11.5 Å². The van der Waals surface area contributed by atoms with E-state index in [0.29, 0.717) is 22.6 Å². The van der Waals surface area contributed by atoms with Crippen molar-refractivity contribution in [1.29, 1.82) is 0 Å². The Balaban J connectivity index is 0.747. The molecule has 0 unspecified atom stereocenters.